The van der Waals surface area contributed by atoms with Crippen molar-refractivity contribution in [1.82, 2.24) is 4.98 Å². The highest BCUT2D eigenvalue weighted by Gasteiger charge is 2.06. The average molecular weight is 290 g/mol. The molecule has 98 valence electrons. The zero-order chi connectivity index (χ0) is 12.4. The number of aryl methyl sites for hydroxylation is 1. The number of benzene rings is 1. The van der Waals surface area contributed by atoms with E-state index in [1.165, 1.54) is 33.2 Å². The van der Waals surface area contributed by atoms with Crippen LogP contribution < -0.4 is 0 Å². The summed E-state index contributed by atoms with van der Waals surface area (Å²) in [7, 11) is 0. The van der Waals surface area contributed by atoms with E-state index >= 15 is 0 Å². The number of thiophene rings is 1. The second-order valence-corrected chi connectivity index (χ2v) is 5.38. The second kappa shape index (κ2) is 6.18. The number of aromatic nitrogens is 1. The van der Waals surface area contributed by atoms with Crippen molar-refractivity contribution in [2.24, 2.45) is 0 Å². The SMILES string of the molecule is CCCc1ccc2c(-c3cccnc3)csc2c1.Cl. The van der Waals surface area contributed by atoms with Crippen LogP contribution in [0.1, 0.15) is 18.9 Å². The lowest BCUT2D eigenvalue weighted by Gasteiger charge is -2.01. The molecule has 2 aromatic heterocycles. The minimum Gasteiger partial charge on any atom is -0.264 e. The van der Waals surface area contributed by atoms with Gasteiger partial charge in [-0.2, -0.15) is 0 Å². The van der Waals surface area contributed by atoms with Gasteiger partial charge in [-0.1, -0.05) is 31.5 Å². The van der Waals surface area contributed by atoms with Gasteiger partial charge in [-0.3, -0.25) is 4.98 Å². The van der Waals surface area contributed by atoms with Gasteiger partial charge in [0.2, 0.25) is 0 Å². The fourth-order valence-corrected chi connectivity index (χ4v) is 3.29. The van der Waals surface area contributed by atoms with Crippen LogP contribution in [-0.4, -0.2) is 4.98 Å². The molecule has 0 amide bonds. The summed E-state index contributed by atoms with van der Waals surface area (Å²) >= 11 is 1.82. The molecular weight excluding hydrogens is 274 g/mol. The van der Waals surface area contributed by atoms with Gasteiger partial charge in [0.1, 0.15) is 0 Å². The zero-order valence-corrected chi connectivity index (χ0v) is 12.4. The van der Waals surface area contributed by atoms with E-state index < -0.39 is 0 Å². The van der Waals surface area contributed by atoms with Gasteiger partial charge in [-0.25, -0.2) is 0 Å². The van der Waals surface area contributed by atoms with Crippen molar-refractivity contribution >= 4 is 33.8 Å². The fraction of sp³-hybridized carbons (Fsp3) is 0.188. The molecule has 3 rings (SSSR count). The van der Waals surface area contributed by atoms with Crippen molar-refractivity contribution in [1.29, 1.82) is 0 Å². The van der Waals surface area contributed by atoms with E-state index in [0.717, 1.165) is 6.42 Å². The Hall–Kier alpha value is -1.38. The Morgan fingerprint density at radius 1 is 1.21 bits per heavy atom. The van der Waals surface area contributed by atoms with Crippen molar-refractivity contribution < 1.29 is 0 Å². The Bertz CT molecular complexity index is 661. The van der Waals surface area contributed by atoms with Crippen LogP contribution in [0.2, 0.25) is 0 Å². The quantitative estimate of drug-likeness (QED) is 0.634. The first kappa shape index (κ1) is 14.0. The van der Waals surface area contributed by atoms with Crippen molar-refractivity contribution in [3.63, 3.8) is 0 Å². The van der Waals surface area contributed by atoms with Gasteiger partial charge in [0, 0.05) is 33.6 Å². The summed E-state index contributed by atoms with van der Waals surface area (Å²) in [6, 6.07) is 10.9. The molecule has 0 N–H and O–H groups in total. The van der Waals surface area contributed by atoms with Crippen molar-refractivity contribution in [3.05, 3.63) is 53.7 Å². The van der Waals surface area contributed by atoms with E-state index in [9.17, 15) is 0 Å². The number of hydrogen-bond acceptors (Lipinski definition) is 2. The van der Waals surface area contributed by atoms with Crippen LogP contribution in [0.15, 0.2) is 48.1 Å². The molecule has 0 saturated heterocycles. The third kappa shape index (κ3) is 2.80. The minimum absolute atomic E-state index is 0. The van der Waals surface area contributed by atoms with Gasteiger partial charge >= 0.3 is 0 Å². The van der Waals surface area contributed by atoms with E-state index in [2.05, 4.69) is 41.6 Å². The summed E-state index contributed by atoms with van der Waals surface area (Å²) < 4.78 is 1.37. The highest BCUT2D eigenvalue weighted by atomic mass is 35.5. The molecule has 1 aromatic carbocycles. The summed E-state index contributed by atoms with van der Waals surface area (Å²) in [5, 5.41) is 3.57. The lowest BCUT2D eigenvalue weighted by atomic mass is 10.0. The number of rotatable bonds is 3. The monoisotopic (exact) mass is 289 g/mol. The molecule has 0 radical (unpaired) electrons. The lowest BCUT2D eigenvalue weighted by molar-refractivity contribution is 0.924. The first-order chi connectivity index (χ1) is 8.88. The molecule has 0 aliphatic heterocycles. The molecule has 0 saturated carbocycles. The molecular formula is C16H16ClNS. The average Bonchev–Trinajstić information content (AvgIpc) is 2.83. The zero-order valence-electron chi connectivity index (χ0n) is 10.8. The largest absolute Gasteiger partial charge is 0.264 e. The van der Waals surface area contributed by atoms with E-state index in [4.69, 9.17) is 0 Å². The normalized spacial score (nSPS) is 10.4. The van der Waals surface area contributed by atoms with Gasteiger partial charge in [-0.05, 0) is 29.5 Å². The molecule has 0 fully saturated rings. The summed E-state index contributed by atoms with van der Waals surface area (Å²) in [4.78, 5) is 4.20. The lowest BCUT2D eigenvalue weighted by Crippen LogP contribution is -1.82. The summed E-state index contributed by atoms with van der Waals surface area (Å²) in [6.45, 7) is 2.22. The molecule has 0 bridgehead atoms. The van der Waals surface area contributed by atoms with Gasteiger partial charge in [0.25, 0.3) is 0 Å². The maximum atomic E-state index is 4.20. The Morgan fingerprint density at radius 2 is 2.11 bits per heavy atom. The molecule has 3 heteroatoms. The van der Waals surface area contributed by atoms with Crippen molar-refractivity contribution in [3.8, 4) is 11.1 Å². The number of halogens is 1. The standard InChI is InChI=1S/C16H15NS.ClH/c1-2-4-12-6-7-14-15(11-18-16(14)9-12)13-5-3-8-17-10-13;/h3,5-11H,2,4H2,1H3;1H. The summed E-state index contributed by atoms with van der Waals surface area (Å²) in [6.07, 6.45) is 6.11. The van der Waals surface area contributed by atoms with E-state index in [1.54, 1.807) is 0 Å². The van der Waals surface area contributed by atoms with Gasteiger partial charge < -0.3 is 0 Å². The minimum atomic E-state index is 0. The molecule has 3 aromatic rings. The molecule has 0 spiro atoms. The Balaban J connectivity index is 0.00000133. The number of fused-ring (bicyclic) bond motifs is 1. The van der Waals surface area contributed by atoms with Gasteiger partial charge in [-0.15, -0.1) is 23.7 Å². The van der Waals surface area contributed by atoms with Gasteiger partial charge in [0.05, 0.1) is 0 Å². The molecule has 2 heterocycles. The van der Waals surface area contributed by atoms with Crippen LogP contribution in [0.25, 0.3) is 21.2 Å². The number of nitrogens with zero attached hydrogens (tertiary/aromatic N) is 1. The fourth-order valence-electron chi connectivity index (χ4n) is 2.26. The van der Waals surface area contributed by atoms with Crippen molar-refractivity contribution in [2.45, 2.75) is 19.8 Å². The first-order valence-electron chi connectivity index (χ1n) is 6.29. The molecule has 0 aliphatic rings. The van der Waals surface area contributed by atoms with Crippen LogP contribution in [-0.2, 0) is 6.42 Å². The topological polar surface area (TPSA) is 12.9 Å². The molecule has 19 heavy (non-hydrogen) atoms. The third-order valence-electron chi connectivity index (χ3n) is 3.15. The smallest absolute Gasteiger partial charge is 0.0351 e. The Kier molecular flexibility index (Phi) is 4.56. The highest BCUT2D eigenvalue weighted by Crippen LogP contribution is 2.34. The first-order valence-corrected chi connectivity index (χ1v) is 7.17. The van der Waals surface area contributed by atoms with E-state index in [0.29, 0.717) is 0 Å². The number of pyridine rings is 1. The second-order valence-electron chi connectivity index (χ2n) is 4.47. The molecule has 0 aliphatic carbocycles. The summed E-state index contributed by atoms with van der Waals surface area (Å²) in [5.41, 5.74) is 3.93. The predicted octanol–water partition coefficient (Wildman–Crippen LogP) is 5.34. The predicted molar refractivity (Wildman–Crippen MR) is 86.3 cm³/mol. The maximum Gasteiger partial charge on any atom is 0.0351 e. The maximum absolute atomic E-state index is 4.20. The Morgan fingerprint density at radius 3 is 2.84 bits per heavy atom. The van der Waals surface area contributed by atoms with Crippen LogP contribution in [0, 0.1) is 0 Å². The van der Waals surface area contributed by atoms with Crippen molar-refractivity contribution in [2.75, 3.05) is 0 Å². The Labute approximate surface area is 123 Å². The van der Waals surface area contributed by atoms with E-state index in [1.807, 2.05) is 29.8 Å². The van der Waals surface area contributed by atoms with Crippen LogP contribution >= 0.6 is 23.7 Å². The van der Waals surface area contributed by atoms with E-state index in [-0.39, 0.29) is 12.4 Å². The van der Waals surface area contributed by atoms with Crippen LogP contribution in [0.4, 0.5) is 0 Å². The molecule has 0 atom stereocenters. The molecule has 0 unspecified atom stereocenters. The summed E-state index contributed by atoms with van der Waals surface area (Å²) in [5.74, 6) is 0. The number of hydrogen-bond donors (Lipinski definition) is 0. The highest BCUT2D eigenvalue weighted by molar-refractivity contribution is 7.17. The van der Waals surface area contributed by atoms with Crippen LogP contribution in [0.3, 0.4) is 0 Å². The van der Waals surface area contributed by atoms with Crippen LogP contribution in [0.5, 0.6) is 0 Å². The molecule has 1 nitrogen and oxygen atoms in total. The third-order valence-corrected chi connectivity index (χ3v) is 4.10. The van der Waals surface area contributed by atoms with Gasteiger partial charge in [0.15, 0.2) is 0 Å².